The lowest BCUT2D eigenvalue weighted by Crippen LogP contribution is -2.44. The van der Waals surface area contributed by atoms with Gasteiger partial charge in [0.1, 0.15) is 11.4 Å². The first kappa shape index (κ1) is 21.7. The molecule has 3 rings (SSSR count). The Morgan fingerprint density at radius 2 is 1.97 bits per heavy atom. The Hall–Kier alpha value is -2.04. The van der Waals surface area contributed by atoms with Gasteiger partial charge in [0.2, 0.25) is 15.4 Å². The number of nitrogens with zero attached hydrogens (tertiary/aromatic N) is 2. The minimum Gasteiger partial charge on any atom is -0.487 e. The zero-order chi connectivity index (χ0) is 21.2. The molecule has 1 atom stereocenters. The Bertz CT molecular complexity index is 984. The zero-order valence-electron chi connectivity index (χ0n) is 16.9. The quantitative estimate of drug-likeness (QED) is 0.640. The van der Waals surface area contributed by atoms with Gasteiger partial charge in [0.25, 0.3) is 10.0 Å². The summed E-state index contributed by atoms with van der Waals surface area (Å²) in [4.78, 5) is 11.8. The first-order chi connectivity index (χ1) is 13.7. The molecule has 158 valence electrons. The Kier molecular flexibility index (Phi) is 6.25. The molecule has 1 aliphatic heterocycles. The number of hydrogen-bond donors (Lipinski definition) is 2. The second kappa shape index (κ2) is 8.37. The SMILES string of the molecule is CCC1(CC)CC(NS(=O)(=O)c2nnc(NC(=O)C(C)C)s2)c2ccccc2O1. The van der Waals surface area contributed by atoms with Crippen molar-refractivity contribution < 1.29 is 17.9 Å². The van der Waals surface area contributed by atoms with Crippen LogP contribution in [0.1, 0.15) is 58.6 Å². The number of rotatable bonds is 7. The van der Waals surface area contributed by atoms with E-state index >= 15 is 0 Å². The van der Waals surface area contributed by atoms with Crippen molar-refractivity contribution in [2.45, 2.75) is 62.9 Å². The predicted octanol–water partition coefficient (Wildman–Crippen LogP) is 3.49. The number of nitrogens with one attached hydrogen (secondary N) is 2. The Morgan fingerprint density at radius 1 is 1.28 bits per heavy atom. The summed E-state index contributed by atoms with van der Waals surface area (Å²) in [5.41, 5.74) is 0.366. The average molecular weight is 439 g/mol. The number of anilines is 1. The van der Waals surface area contributed by atoms with Gasteiger partial charge in [0, 0.05) is 17.9 Å². The summed E-state index contributed by atoms with van der Waals surface area (Å²) in [6.45, 7) is 7.56. The van der Waals surface area contributed by atoms with Gasteiger partial charge in [-0.15, -0.1) is 10.2 Å². The third kappa shape index (κ3) is 4.59. The maximum Gasteiger partial charge on any atom is 0.270 e. The standard InChI is InChI=1S/C19H26N4O4S2/c1-5-19(6-2)11-14(13-9-7-8-10-15(13)27-19)23-29(25,26)18-22-21-17(28-18)20-16(24)12(3)4/h7-10,12,14,23H,5-6,11H2,1-4H3,(H,20,21,24). The molecule has 0 saturated carbocycles. The second-order valence-corrected chi connectivity index (χ2v) is 10.3. The lowest BCUT2D eigenvalue weighted by atomic mass is 9.84. The molecular formula is C19H26N4O4S2. The largest absolute Gasteiger partial charge is 0.487 e. The molecule has 0 spiro atoms. The van der Waals surface area contributed by atoms with Crippen molar-refractivity contribution in [3.63, 3.8) is 0 Å². The van der Waals surface area contributed by atoms with Crippen LogP contribution in [0.25, 0.3) is 0 Å². The van der Waals surface area contributed by atoms with E-state index < -0.39 is 21.7 Å². The third-order valence-corrected chi connectivity index (χ3v) is 7.85. The van der Waals surface area contributed by atoms with Crippen LogP contribution in [0.3, 0.4) is 0 Å². The van der Waals surface area contributed by atoms with E-state index in [2.05, 4.69) is 20.2 Å². The number of para-hydroxylation sites is 1. The highest BCUT2D eigenvalue weighted by Crippen LogP contribution is 2.43. The van der Waals surface area contributed by atoms with Crippen molar-refractivity contribution >= 4 is 32.4 Å². The van der Waals surface area contributed by atoms with Crippen LogP contribution in [0.5, 0.6) is 5.75 Å². The third-order valence-electron chi connectivity index (χ3n) is 5.17. The van der Waals surface area contributed by atoms with Gasteiger partial charge in [-0.2, -0.15) is 0 Å². The highest BCUT2D eigenvalue weighted by Gasteiger charge is 2.40. The molecular weight excluding hydrogens is 412 g/mol. The number of carbonyl (C=O) groups excluding carboxylic acids is 1. The molecule has 0 saturated heterocycles. The number of ether oxygens (including phenoxy) is 1. The normalized spacial score (nSPS) is 18.2. The topological polar surface area (TPSA) is 110 Å². The lowest BCUT2D eigenvalue weighted by Gasteiger charge is -2.41. The van der Waals surface area contributed by atoms with Crippen molar-refractivity contribution in [1.82, 2.24) is 14.9 Å². The summed E-state index contributed by atoms with van der Waals surface area (Å²) in [7, 11) is -3.92. The molecule has 1 aromatic carbocycles. The average Bonchev–Trinajstić information content (AvgIpc) is 3.17. The van der Waals surface area contributed by atoms with Gasteiger partial charge in [-0.25, -0.2) is 13.1 Å². The van der Waals surface area contributed by atoms with Gasteiger partial charge < -0.3 is 10.1 Å². The first-order valence-electron chi connectivity index (χ1n) is 9.64. The maximum atomic E-state index is 13.0. The smallest absolute Gasteiger partial charge is 0.270 e. The molecule has 0 fully saturated rings. The zero-order valence-corrected chi connectivity index (χ0v) is 18.6. The van der Waals surface area contributed by atoms with Crippen LogP contribution in [-0.2, 0) is 14.8 Å². The fourth-order valence-electron chi connectivity index (χ4n) is 3.26. The number of hydrogen-bond acceptors (Lipinski definition) is 7. The van der Waals surface area contributed by atoms with Gasteiger partial charge in [0.15, 0.2) is 0 Å². The maximum absolute atomic E-state index is 13.0. The van der Waals surface area contributed by atoms with Crippen LogP contribution in [-0.4, -0.2) is 30.1 Å². The monoisotopic (exact) mass is 438 g/mol. The predicted molar refractivity (Wildman–Crippen MR) is 111 cm³/mol. The molecule has 2 aromatic rings. The summed E-state index contributed by atoms with van der Waals surface area (Å²) >= 11 is 0.831. The van der Waals surface area contributed by atoms with Crippen LogP contribution in [0.15, 0.2) is 28.6 Å². The molecule has 0 bridgehead atoms. The van der Waals surface area contributed by atoms with Crippen molar-refractivity contribution in [2.24, 2.45) is 5.92 Å². The number of carbonyl (C=O) groups is 1. The van der Waals surface area contributed by atoms with Crippen LogP contribution in [0.4, 0.5) is 5.13 Å². The van der Waals surface area contributed by atoms with E-state index in [0.717, 1.165) is 29.7 Å². The van der Waals surface area contributed by atoms with Gasteiger partial charge in [0.05, 0.1) is 6.04 Å². The van der Waals surface area contributed by atoms with E-state index in [4.69, 9.17) is 4.74 Å². The van der Waals surface area contributed by atoms with Crippen molar-refractivity contribution in [1.29, 1.82) is 0 Å². The van der Waals surface area contributed by atoms with Crippen molar-refractivity contribution in [3.05, 3.63) is 29.8 Å². The van der Waals surface area contributed by atoms with Gasteiger partial charge in [-0.05, 0) is 18.9 Å². The molecule has 1 unspecified atom stereocenters. The van der Waals surface area contributed by atoms with Crippen LogP contribution < -0.4 is 14.8 Å². The van der Waals surface area contributed by atoms with E-state index in [-0.39, 0.29) is 21.3 Å². The molecule has 1 aromatic heterocycles. The van der Waals surface area contributed by atoms with Gasteiger partial charge in [-0.3, -0.25) is 4.79 Å². The molecule has 1 amide bonds. The fraction of sp³-hybridized carbons (Fsp3) is 0.526. The summed E-state index contributed by atoms with van der Waals surface area (Å²) in [6.07, 6.45) is 2.05. The van der Waals surface area contributed by atoms with Crippen molar-refractivity contribution in [2.75, 3.05) is 5.32 Å². The summed E-state index contributed by atoms with van der Waals surface area (Å²) in [5, 5.41) is 10.3. The van der Waals surface area contributed by atoms with Crippen molar-refractivity contribution in [3.8, 4) is 5.75 Å². The summed E-state index contributed by atoms with van der Waals surface area (Å²) < 4.78 is 34.8. The molecule has 1 aliphatic rings. The number of benzene rings is 1. The lowest BCUT2D eigenvalue weighted by molar-refractivity contribution is -0.118. The minimum atomic E-state index is -3.92. The number of fused-ring (bicyclic) bond motifs is 1. The van der Waals surface area contributed by atoms with Crippen LogP contribution in [0, 0.1) is 5.92 Å². The summed E-state index contributed by atoms with van der Waals surface area (Å²) in [6, 6.07) is 7.02. The van der Waals surface area contributed by atoms with E-state index in [1.54, 1.807) is 13.8 Å². The first-order valence-corrected chi connectivity index (χ1v) is 11.9. The van der Waals surface area contributed by atoms with Crippen LogP contribution >= 0.6 is 11.3 Å². The fourth-order valence-corrected chi connectivity index (χ4v) is 5.40. The number of aromatic nitrogens is 2. The Balaban J connectivity index is 1.86. The second-order valence-electron chi connectivity index (χ2n) is 7.43. The Morgan fingerprint density at radius 3 is 2.62 bits per heavy atom. The molecule has 29 heavy (non-hydrogen) atoms. The van der Waals surface area contributed by atoms with E-state index in [1.165, 1.54) is 0 Å². The van der Waals surface area contributed by atoms with E-state index in [9.17, 15) is 13.2 Å². The number of sulfonamides is 1. The molecule has 8 nitrogen and oxygen atoms in total. The molecule has 0 aliphatic carbocycles. The van der Waals surface area contributed by atoms with Gasteiger partial charge >= 0.3 is 0 Å². The molecule has 2 N–H and O–H groups in total. The number of amides is 1. The Labute approximate surface area is 175 Å². The van der Waals surface area contributed by atoms with E-state index in [1.807, 2.05) is 38.1 Å². The summed E-state index contributed by atoms with van der Waals surface area (Å²) in [5.74, 6) is 0.205. The van der Waals surface area contributed by atoms with E-state index in [0.29, 0.717) is 12.2 Å². The molecule has 10 heteroatoms. The highest BCUT2D eigenvalue weighted by atomic mass is 32.2. The molecule has 2 heterocycles. The molecule has 0 radical (unpaired) electrons. The minimum absolute atomic E-state index is 0.160. The highest BCUT2D eigenvalue weighted by molar-refractivity contribution is 7.91. The van der Waals surface area contributed by atoms with Gasteiger partial charge in [-0.1, -0.05) is 57.2 Å². The van der Waals surface area contributed by atoms with Crippen LogP contribution in [0.2, 0.25) is 0 Å².